The predicted octanol–water partition coefficient (Wildman–Crippen LogP) is 3.07. The Morgan fingerprint density at radius 2 is 2.19 bits per heavy atom. The molecule has 1 N–H and O–H groups in total. The number of hydrogen-bond acceptors (Lipinski definition) is 2. The maximum absolute atomic E-state index is 13.5. The molecule has 0 aromatic heterocycles. The topological polar surface area (TPSA) is 21.3 Å². The van der Waals surface area contributed by atoms with Crippen molar-refractivity contribution < 1.29 is 9.13 Å². The quantitative estimate of drug-likeness (QED) is 0.832. The maximum Gasteiger partial charge on any atom is 0.167 e. The van der Waals surface area contributed by atoms with E-state index in [-0.39, 0.29) is 5.82 Å². The van der Waals surface area contributed by atoms with E-state index in [9.17, 15) is 4.39 Å². The van der Waals surface area contributed by atoms with Crippen molar-refractivity contribution in [2.45, 2.75) is 20.3 Å². The number of methoxy groups -OCH3 is 1. The van der Waals surface area contributed by atoms with Crippen molar-refractivity contribution in [2.75, 3.05) is 19.0 Å². The van der Waals surface area contributed by atoms with Gasteiger partial charge in [0.05, 0.1) is 7.11 Å². The summed E-state index contributed by atoms with van der Waals surface area (Å²) in [7, 11) is 1.50. The van der Waals surface area contributed by atoms with Gasteiger partial charge in [0.15, 0.2) is 11.6 Å². The molecule has 0 spiro atoms. The molecule has 2 rings (SSSR count). The fraction of sp³-hybridized carbons (Fsp3) is 0.538. The molecule has 0 amide bonds. The standard InChI is InChI=1S/C13H18FNO/c1-8(2)10-4-9-5-13(16-3)11(14)6-12(9)15-7-10/h5-6,8,10,15H,4,7H2,1-3H3. The number of fused-ring (bicyclic) bond motifs is 1. The third kappa shape index (κ3) is 1.99. The zero-order chi connectivity index (χ0) is 11.7. The van der Waals surface area contributed by atoms with Gasteiger partial charge in [-0.05, 0) is 29.9 Å². The Kier molecular flexibility index (Phi) is 3.03. The van der Waals surface area contributed by atoms with Gasteiger partial charge >= 0.3 is 0 Å². The highest BCUT2D eigenvalue weighted by Crippen LogP contribution is 2.32. The van der Waals surface area contributed by atoms with E-state index >= 15 is 0 Å². The number of ether oxygens (including phenoxy) is 1. The zero-order valence-electron chi connectivity index (χ0n) is 10.0. The first-order chi connectivity index (χ1) is 7.61. The lowest BCUT2D eigenvalue weighted by atomic mass is 9.86. The van der Waals surface area contributed by atoms with Gasteiger partial charge in [-0.1, -0.05) is 13.8 Å². The molecule has 88 valence electrons. The van der Waals surface area contributed by atoms with Crippen LogP contribution in [0.1, 0.15) is 19.4 Å². The number of nitrogens with one attached hydrogen (secondary N) is 1. The normalized spacial score (nSPS) is 19.2. The molecule has 2 nitrogen and oxygen atoms in total. The maximum atomic E-state index is 13.5. The smallest absolute Gasteiger partial charge is 0.167 e. The molecule has 16 heavy (non-hydrogen) atoms. The van der Waals surface area contributed by atoms with Crippen molar-refractivity contribution in [3.05, 3.63) is 23.5 Å². The molecule has 1 heterocycles. The Labute approximate surface area is 95.8 Å². The van der Waals surface area contributed by atoms with E-state index in [0.717, 1.165) is 24.2 Å². The van der Waals surface area contributed by atoms with Crippen LogP contribution in [-0.4, -0.2) is 13.7 Å². The van der Waals surface area contributed by atoms with Crippen LogP contribution in [0.3, 0.4) is 0 Å². The Hall–Kier alpha value is -1.25. The van der Waals surface area contributed by atoms with Gasteiger partial charge in [0.2, 0.25) is 0 Å². The summed E-state index contributed by atoms with van der Waals surface area (Å²) in [5.74, 6) is 1.29. The van der Waals surface area contributed by atoms with Gasteiger partial charge in [-0.3, -0.25) is 0 Å². The molecule has 1 aliphatic rings. The van der Waals surface area contributed by atoms with E-state index in [4.69, 9.17) is 4.74 Å². The van der Waals surface area contributed by atoms with Crippen molar-refractivity contribution >= 4 is 5.69 Å². The molecule has 3 heteroatoms. The Morgan fingerprint density at radius 3 is 2.81 bits per heavy atom. The summed E-state index contributed by atoms with van der Waals surface area (Å²) in [5.41, 5.74) is 2.07. The molecule has 1 aromatic rings. The summed E-state index contributed by atoms with van der Waals surface area (Å²) in [6, 6.07) is 3.34. The van der Waals surface area contributed by atoms with Crippen molar-refractivity contribution in [1.29, 1.82) is 0 Å². The number of rotatable bonds is 2. The van der Waals surface area contributed by atoms with Gasteiger partial charge in [-0.2, -0.15) is 0 Å². The van der Waals surface area contributed by atoms with Crippen LogP contribution in [0.4, 0.5) is 10.1 Å². The molecule has 0 saturated carbocycles. The second kappa shape index (κ2) is 4.32. The fourth-order valence-corrected chi connectivity index (χ4v) is 2.15. The molecule has 0 aliphatic carbocycles. The molecule has 1 aromatic carbocycles. The highest BCUT2D eigenvalue weighted by atomic mass is 19.1. The Balaban J connectivity index is 2.30. The summed E-state index contributed by atoms with van der Waals surface area (Å²) >= 11 is 0. The lowest BCUT2D eigenvalue weighted by molar-refractivity contribution is 0.377. The van der Waals surface area contributed by atoms with E-state index in [1.165, 1.54) is 13.2 Å². The monoisotopic (exact) mass is 223 g/mol. The van der Waals surface area contributed by atoms with Crippen molar-refractivity contribution in [2.24, 2.45) is 11.8 Å². The first kappa shape index (κ1) is 11.2. The van der Waals surface area contributed by atoms with E-state index < -0.39 is 0 Å². The van der Waals surface area contributed by atoms with Gasteiger partial charge in [0, 0.05) is 18.3 Å². The van der Waals surface area contributed by atoms with E-state index in [1.807, 2.05) is 6.07 Å². The third-order valence-corrected chi connectivity index (χ3v) is 3.36. The predicted molar refractivity (Wildman–Crippen MR) is 63.5 cm³/mol. The second-order valence-electron chi connectivity index (χ2n) is 4.73. The minimum Gasteiger partial charge on any atom is -0.494 e. The summed E-state index contributed by atoms with van der Waals surface area (Å²) in [6.07, 6.45) is 0.997. The first-order valence-corrected chi connectivity index (χ1v) is 5.72. The van der Waals surface area contributed by atoms with Crippen LogP contribution in [-0.2, 0) is 6.42 Å². The largest absolute Gasteiger partial charge is 0.494 e. The van der Waals surface area contributed by atoms with Crippen LogP contribution < -0.4 is 10.1 Å². The number of benzene rings is 1. The minimum absolute atomic E-state index is 0.295. The summed E-state index contributed by atoms with van der Waals surface area (Å²) in [4.78, 5) is 0. The first-order valence-electron chi connectivity index (χ1n) is 5.72. The number of hydrogen-bond donors (Lipinski definition) is 1. The average Bonchev–Trinajstić information content (AvgIpc) is 2.27. The molecule has 0 saturated heterocycles. The minimum atomic E-state index is -0.295. The van der Waals surface area contributed by atoms with Crippen LogP contribution in [0.2, 0.25) is 0 Å². The van der Waals surface area contributed by atoms with Gasteiger partial charge in [-0.25, -0.2) is 4.39 Å². The Bertz CT molecular complexity index is 390. The van der Waals surface area contributed by atoms with Crippen LogP contribution >= 0.6 is 0 Å². The highest BCUT2D eigenvalue weighted by molar-refractivity contribution is 5.56. The van der Waals surface area contributed by atoms with Gasteiger partial charge in [0.25, 0.3) is 0 Å². The number of anilines is 1. The van der Waals surface area contributed by atoms with E-state index in [1.54, 1.807) is 0 Å². The lowest BCUT2D eigenvalue weighted by Crippen LogP contribution is -2.27. The molecule has 0 bridgehead atoms. The van der Waals surface area contributed by atoms with Crippen LogP contribution in [0.5, 0.6) is 5.75 Å². The summed E-state index contributed by atoms with van der Waals surface area (Å²) < 4.78 is 18.5. The second-order valence-corrected chi connectivity index (χ2v) is 4.73. The van der Waals surface area contributed by atoms with Crippen molar-refractivity contribution in [1.82, 2.24) is 0 Å². The molecule has 1 unspecified atom stereocenters. The fourth-order valence-electron chi connectivity index (χ4n) is 2.15. The highest BCUT2D eigenvalue weighted by Gasteiger charge is 2.22. The molecular weight excluding hydrogens is 205 g/mol. The van der Waals surface area contributed by atoms with Crippen LogP contribution in [0.25, 0.3) is 0 Å². The van der Waals surface area contributed by atoms with Crippen molar-refractivity contribution in [3.8, 4) is 5.75 Å². The zero-order valence-corrected chi connectivity index (χ0v) is 10.0. The molecule has 0 radical (unpaired) electrons. The number of halogens is 1. The lowest BCUT2D eigenvalue weighted by Gasteiger charge is -2.29. The molecule has 1 atom stereocenters. The molecular formula is C13H18FNO. The third-order valence-electron chi connectivity index (χ3n) is 3.36. The molecule has 1 aliphatic heterocycles. The summed E-state index contributed by atoms with van der Waals surface area (Å²) in [5, 5.41) is 3.29. The van der Waals surface area contributed by atoms with Gasteiger partial charge in [0.1, 0.15) is 0 Å². The van der Waals surface area contributed by atoms with Crippen LogP contribution in [0, 0.1) is 17.7 Å². The SMILES string of the molecule is COc1cc2c(cc1F)NCC(C(C)C)C2. The van der Waals surface area contributed by atoms with E-state index in [0.29, 0.717) is 17.6 Å². The van der Waals surface area contributed by atoms with Crippen molar-refractivity contribution in [3.63, 3.8) is 0 Å². The summed E-state index contributed by atoms with van der Waals surface area (Å²) in [6.45, 7) is 5.37. The van der Waals surface area contributed by atoms with Crippen LogP contribution in [0.15, 0.2) is 12.1 Å². The van der Waals surface area contributed by atoms with E-state index in [2.05, 4.69) is 19.2 Å². The van der Waals surface area contributed by atoms with Gasteiger partial charge in [-0.15, -0.1) is 0 Å². The Morgan fingerprint density at radius 1 is 1.44 bits per heavy atom. The van der Waals surface area contributed by atoms with Gasteiger partial charge < -0.3 is 10.1 Å². The average molecular weight is 223 g/mol. The molecule has 0 fully saturated rings.